The molecule has 1 saturated heterocycles. The summed E-state index contributed by atoms with van der Waals surface area (Å²) in [5, 5.41) is 19.9. The van der Waals surface area contributed by atoms with Gasteiger partial charge in [0.2, 0.25) is 0 Å². The fourth-order valence-electron chi connectivity index (χ4n) is 2.85. The van der Waals surface area contributed by atoms with Gasteiger partial charge in [0.25, 0.3) is 0 Å². The lowest BCUT2D eigenvalue weighted by molar-refractivity contribution is 0.157. The summed E-state index contributed by atoms with van der Waals surface area (Å²) in [5.41, 5.74) is 0.677. The minimum absolute atomic E-state index is 0.0612. The molecule has 2 N–H and O–H groups in total. The van der Waals surface area contributed by atoms with Gasteiger partial charge in [0.05, 0.1) is 24.7 Å². The lowest BCUT2D eigenvalue weighted by Crippen LogP contribution is -2.48. The van der Waals surface area contributed by atoms with Gasteiger partial charge in [-0.25, -0.2) is 13.2 Å². The van der Waals surface area contributed by atoms with Crippen LogP contribution >= 0.6 is 0 Å². The number of aliphatic hydroxyl groups is 1. The number of aliphatic hydroxyl groups excluding tert-OH is 1. The van der Waals surface area contributed by atoms with Crippen LogP contribution in [0.25, 0.3) is 5.65 Å². The zero-order valence-corrected chi connectivity index (χ0v) is 13.8. The number of pyridine rings is 1. The molecule has 0 bridgehead atoms. The van der Waals surface area contributed by atoms with Gasteiger partial charge in [-0.1, -0.05) is 6.07 Å². The Bertz CT molecular complexity index is 835. The summed E-state index contributed by atoms with van der Waals surface area (Å²) in [6.07, 6.45) is 2.19. The van der Waals surface area contributed by atoms with E-state index in [0.717, 1.165) is 0 Å². The monoisotopic (exact) mass is 353 g/mol. The molecule has 2 aromatic heterocycles. The Morgan fingerprint density at radius 2 is 2.25 bits per heavy atom. The standard InChI is InChI=1S/C14H19N5O4S/c20-7-6-18(11-4-8-24(22,23)10-11)14(21)15-9-13-17-16-12-3-1-2-5-19(12)13/h1-3,5,11,20H,4,6-10H2,(H,15,21). The molecule has 24 heavy (non-hydrogen) atoms. The summed E-state index contributed by atoms with van der Waals surface area (Å²) >= 11 is 0. The van der Waals surface area contributed by atoms with Crippen molar-refractivity contribution in [2.24, 2.45) is 0 Å². The second kappa shape index (κ2) is 6.73. The van der Waals surface area contributed by atoms with E-state index in [1.165, 1.54) is 4.90 Å². The number of amides is 2. The van der Waals surface area contributed by atoms with E-state index in [2.05, 4.69) is 15.5 Å². The van der Waals surface area contributed by atoms with Crippen LogP contribution in [0, 0.1) is 0 Å². The SMILES string of the molecule is O=C(NCc1nnc2ccccn12)N(CCO)C1CCS(=O)(=O)C1. The van der Waals surface area contributed by atoms with E-state index in [1.54, 1.807) is 16.7 Å². The molecule has 9 nitrogen and oxygen atoms in total. The van der Waals surface area contributed by atoms with Crippen molar-refractivity contribution in [3.8, 4) is 0 Å². The molecule has 0 spiro atoms. The van der Waals surface area contributed by atoms with Crippen molar-refractivity contribution in [3.05, 3.63) is 30.2 Å². The first-order valence-corrected chi connectivity index (χ1v) is 9.47. The van der Waals surface area contributed by atoms with Crippen LogP contribution in [0.5, 0.6) is 0 Å². The number of urea groups is 1. The van der Waals surface area contributed by atoms with Gasteiger partial charge in [0.15, 0.2) is 21.3 Å². The lowest BCUT2D eigenvalue weighted by Gasteiger charge is -2.27. The highest BCUT2D eigenvalue weighted by Crippen LogP contribution is 2.17. The predicted octanol–water partition coefficient (Wildman–Crippen LogP) is -0.580. The number of nitrogens with zero attached hydrogens (tertiary/aromatic N) is 4. The van der Waals surface area contributed by atoms with Crippen LogP contribution in [0.15, 0.2) is 24.4 Å². The number of rotatable bonds is 5. The lowest BCUT2D eigenvalue weighted by atomic mass is 10.2. The molecule has 0 aromatic carbocycles. The quantitative estimate of drug-likeness (QED) is 0.743. The van der Waals surface area contributed by atoms with E-state index in [1.807, 2.05) is 12.1 Å². The van der Waals surface area contributed by atoms with Crippen molar-refractivity contribution < 1.29 is 18.3 Å². The Balaban J connectivity index is 1.67. The van der Waals surface area contributed by atoms with Crippen LogP contribution in [0.1, 0.15) is 12.2 Å². The topological polar surface area (TPSA) is 117 Å². The van der Waals surface area contributed by atoms with E-state index in [0.29, 0.717) is 17.9 Å². The second-order valence-corrected chi connectivity index (χ2v) is 7.91. The van der Waals surface area contributed by atoms with E-state index in [9.17, 15) is 18.3 Å². The maximum absolute atomic E-state index is 12.4. The van der Waals surface area contributed by atoms with Crippen molar-refractivity contribution in [3.63, 3.8) is 0 Å². The van der Waals surface area contributed by atoms with Gasteiger partial charge in [0.1, 0.15) is 0 Å². The third-order valence-electron chi connectivity index (χ3n) is 4.03. The van der Waals surface area contributed by atoms with Gasteiger partial charge in [-0.2, -0.15) is 0 Å². The van der Waals surface area contributed by atoms with Gasteiger partial charge >= 0.3 is 6.03 Å². The normalized spacial score (nSPS) is 19.5. The molecule has 3 rings (SSSR count). The van der Waals surface area contributed by atoms with E-state index >= 15 is 0 Å². The molecule has 0 aliphatic carbocycles. The smallest absolute Gasteiger partial charge is 0.318 e. The van der Waals surface area contributed by atoms with Crippen molar-refractivity contribution in [1.82, 2.24) is 24.8 Å². The van der Waals surface area contributed by atoms with Gasteiger partial charge in [-0.15, -0.1) is 10.2 Å². The molecular weight excluding hydrogens is 334 g/mol. The van der Waals surface area contributed by atoms with E-state index < -0.39 is 21.9 Å². The van der Waals surface area contributed by atoms with Gasteiger partial charge < -0.3 is 15.3 Å². The fraction of sp³-hybridized carbons (Fsp3) is 0.500. The van der Waals surface area contributed by atoms with Crippen LogP contribution in [0.2, 0.25) is 0 Å². The van der Waals surface area contributed by atoms with E-state index in [-0.39, 0.29) is 31.2 Å². The number of sulfone groups is 1. The molecule has 1 atom stereocenters. The van der Waals surface area contributed by atoms with Crippen LogP contribution in [0.3, 0.4) is 0 Å². The molecule has 10 heteroatoms. The summed E-state index contributed by atoms with van der Waals surface area (Å²) in [6, 6.07) is 4.66. The third-order valence-corrected chi connectivity index (χ3v) is 5.78. The number of hydrogen-bond acceptors (Lipinski definition) is 6. The molecule has 130 valence electrons. The maximum atomic E-state index is 12.4. The van der Waals surface area contributed by atoms with Gasteiger partial charge in [-0.3, -0.25) is 4.40 Å². The number of fused-ring (bicyclic) bond motifs is 1. The number of hydrogen-bond donors (Lipinski definition) is 2. The van der Waals surface area contributed by atoms with Crippen molar-refractivity contribution >= 4 is 21.5 Å². The van der Waals surface area contributed by atoms with Gasteiger partial charge in [0, 0.05) is 18.8 Å². The highest BCUT2D eigenvalue weighted by atomic mass is 32.2. The zero-order chi connectivity index (χ0) is 17.2. The number of nitrogens with one attached hydrogen (secondary N) is 1. The molecule has 2 amide bonds. The fourth-order valence-corrected chi connectivity index (χ4v) is 4.58. The Morgan fingerprint density at radius 1 is 1.42 bits per heavy atom. The minimum Gasteiger partial charge on any atom is -0.395 e. The van der Waals surface area contributed by atoms with Crippen LogP contribution in [-0.2, 0) is 16.4 Å². The first-order valence-electron chi connectivity index (χ1n) is 7.64. The average molecular weight is 353 g/mol. The number of carbonyl (C=O) groups excluding carboxylic acids is 1. The molecule has 0 radical (unpaired) electrons. The predicted molar refractivity (Wildman–Crippen MR) is 86.1 cm³/mol. The maximum Gasteiger partial charge on any atom is 0.318 e. The van der Waals surface area contributed by atoms with Crippen molar-refractivity contribution in [2.75, 3.05) is 24.7 Å². The summed E-state index contributed by atoms with van der Waals surface area (Å²) in [7, 11) is -3.11. The molecule has 3 heterocycles. The summed E-state index contributed by atoms with van der Waals surface area (Å²) in [4.78, 5) is 13.8. The molecular formula is C14H19N5O4S. The van der Waals surface area contributed by atoms with E-state index in [4.69, 9.17) is 0 Å². The summed E-state index contributed by atoms with van der Waals surface area (Å²) in [6.45, 7) is 0.0237. The molecule has 1 fully saturated rings. The highest BCUT2D eigenvalue weighted by Gasteiger charge is 2.34. The molecule has 1 unspecified atom stereocenters. The van der Waals surface area contributed by atoms with Crippen molar-refractivity contribution in [2.45, 2.75) is 19.0 Å². The minimum atomic E-state index is -3.11. The highest BCUT2D eigenvalue weighted by molar-refractivity contribution is 7.91. The number of aromatic nitrogens is 3. The summed E-state index contributed by atoms with van der Waals surface area (Å²) < 4.78 is 25.0. The Morgan fingerprint density at radius 3 is 2.96 bits per heavy atom. The Kier molecular flexibility index (Phi) is 4.67. The second-order valence-electron chi connectivity index (χ2n) is 5.68. The summed E-state index contributed by atoms with van der Waals surface area (Å²) in [5.74, 6) is 0.581. The first-order chi connectivity index (χ1) is 11.5. The molecule has 2 aromatic rings. The third kappa shape index (κ3) is 3.49. The largest absolute Gasteiger partial charge is 0.395 e. The van der Waals surface area contributed by atoms with Crippen molar-refractivity contribution in [1.29, 1.82) is 0 Å². The van der Waals surface area contributed by atoms with Crippen LogP contribution < -0.4 is 5.32 Å². The Hall–Kier alpha value is -2.20. The Labute approximate surface area is 139 Å². The average Bonchev–Trinajstić information content (AvgIpc) is 3.13. The zero-order valence-electron chi connectivity index (χ0n) is 13.0. The van der Waals surface area contributed by atoms with Crippen LogP contribution in [0.4, 0.5) is 4.79 Å². The first kappa shape index (κ1) is 16.7. The molecule has 0 saturated carbocycles. The van der Waals surface area contributed by atoms with Crippen LogP contribution in [-0.4, -0.2) is 69.8 Å². The number of carbonyl (C=O) groups is 1. The molecule has 1 aliphatic rings. The molecule has 1 aliphatic heterocycles. The van der Waals surface area contributed by atoms with Gasteiger partial charge in [-0.05, 0) is 18.6 Å².